The van der Waals surface area contributed by atoms with Crippen molar-refractivity contribution in [2.24, 2.45) is 0 Å². The summed E-state index contributed by atoms with van der Waals surface area (Å²) in [5.41, 5.74) is 2.45. The molecule has 0 radical (unpaired) electrons. The van der Waals surface area contributed by atoms with Crippen LogP contribution in [-0.4, -0.2) is 19.1 Å². The lowest BCUT2D eigenvalue weighted by Gasteiger charge is -2.13. The van der Waals surface area contributed by atoms with Gasteiger partial charge in [0.05, 0.1) is 0 Å². The van der Waals surface area contributed by atoms with Crippen molar-refractivity contribution in [1.29, 1.82) is 0 Å². The maximum Gasteiger partial charge on any atom is 0.126 e. The van der Waals surface area contributed by atoms with E-state index in [0.29, 0.717) is 0 Å². The minimum atomic E-state index is 0.780. The van der Waals surface area contributed by atoms with Gasteiger partial charge in [0.15, 0.2) is 0 Å². The monoisotopic (exact) mass is 305 g/mol. The molecule has 4 heteroatoms. The predicted octanol–water partition coefficient (Wildman–Crippen LogP) is 3.52. The minimum absolute atomic E-state index is 0.780. The fourth-order valence-corrected chi connectivity index (χ4v) is 1.82. The molecule has 0 fully saturated rings. The number of hydrogen-bond acceptors (Lipinski definition) is 3. The van der Waals surface area contributed by atoms with Crippen molar-refractivity contribution in [1.82, 2.24) is 4.98 Å². The van der Waals surface area contributed by atoms with Crippen molar-refractivity contribution >= 4 is 27.4 Å². The molecule has 18 heavy (non-hydrogen) atoms. The van der Waals surface area contributed by atoms with E-state index in [-0.39, 0.29) is 0 Å². The highest BCUT2D eigenvalue weighted by Gasteiger charge is 1.97. The molecule has 0 atom stereocenters. The summed E-state index contributed by atoms with van der Waals surface area (Å²) >= 11 is 3.37. The maximum absolute atomic E-state index is 4.27. The molecule has 1 aromatic heterocycles. The zero-order valence-corrected chi connectivity index (χ0v) is 12.1. The van der Waals surface area contributed by atoms with Gasteiger partial charge in [0.2, 0.25) is 0 Å². The molecule has 0 aliphatic heterocycles. The number of benzene rings is 1. The Bertz CT molecular complexity index is 491. The maximum atomic E-state index is 4.27. The molecule has 1 N–H and O–H groups in total. The highest BCUT2D eigenvalue weighted by atomic mass is 79.9. The van der Waals surface area contributed by atoms with E-state index in [1.54, 1.807) is 6.20 Å². The molecule has 2 rings (SSSR count). The Kier molecular flexibility index (Phi) is 4.20. The summed E-state index contributed by atoms with van der Waals surface area (Å²) in [6, 6.07) is 12.4. The standard InChI is InChI=1S/C14H16BrN3/c1-18(2)13-6-3-11(4-7-13)9-16-14-8-5-12(15)10-17-14/h3-8,10H,9H2,1-2H3,(H,16,17). The zero-order valence-electron chi connectivity index (χ0n) is 10.5. The summed E-state index contributed by atoms with van der Waals surface area (Å²) in [4.78, 5) is 6.36. The average Bonchev–Trinajstić information content (AvgIpc) is 2.38. The van der Waals surface area contributed by atoms with Crippen molar-refractivity contribution in [2.75, 3.05) is 24.3 Å². The molecular formula is C14H16BrN3. The summed E-state index contributed by atoms with van der Waals surface area (Å²) in [6.45, 7) is 0.780. The molecule has 0 spiro atoms. The molecule has 3 nitrogen and oxygen atoms in total. The van der Waals surface area contributed by atoms with Crippen LogP contribution in [0.15, 0.2) is 47.1 Å². The van der Waals surface area contributed by atoms with Crippen LogP contribution in [0.4, 0.5) is 11.5 Å². The van der Waals surface area contributed by atoms with E-state index < -0.39 is 0 Å². The second kappa shape index (κ2) is 5.87. The van der Waals surface area contributed by atoms with Crippen LogP contribution in [0.25, 0.3) is 0 Å². The first-order valence-corrected chi connectivity index (χ1v) is 6.56. The molecule has 1 aromatic carbocycles. The third-order valence-electron chi connectivity index (χ3n) is 2.65. The second-order valence-corrected chi connectivity index (χ2v) is 5.19. The van der Waals surface area contributed by atoms with E-state index in [4.69, 9.17) is 0 Å². The Hall–Kier alpha value is -1.55. The molecule has 1 heterocycles. The fraction of sp³-hybridized carbons (Fsp3) is 0.214. The van der Waals surface area contributed by atoms with E-state index in [1.165, 1.54) is 11.3 Å². The summed E-state index contributed by atoms with van der Waals surface area (Å²) in [5.74, 6) is 0.884. The lowest BCUT2D eigenvalue weighted by Crippen LogP contribution is -2.08. The van der Waals surface area contributed by atoms with Crippen LogP contribution in [0.5, 0.6) is 0 Å². The fourth-order valence-electron chi connectivity index (χ4n) is 1.58. The van der Waals surface area contributed by atoms with Gasteiger partial charge in [-0.25, -0.2) is 4.98 Å². The number of rotatable bonds is 4. The Morgan fingerprint density at radius 1 is 1.11 bits per heavy atom. The first-order chi connectivity index (χ1) is 8.65. The van der Waals surface area contributed by atoms with E-state index >= 15 is 0 Å². The van der Waals surface area contributed by atoms with Crippen LogP contribution in [0.1, 0.15) is 5.56 Å². The van der Waals surface area contributed by atoms with Gasteiger partial charge in [-0.05, 0) is 45.8 Å². The number of anilines is 2. The molecule has 0 aliphatic rings. The first kappa shape index (κ1) is 12.9. The summed E-state index contributed by atoms with van der Waals surface area (Å²) < 4.78 is 0.989. The normalized spacial score (nSPS) is 10.2. The van der Waals surface area contributed by atoms with Crippen molar-refractivity contribution in [3.05, 3.63) is 52.6 Å². The van der Waals surface area contributed by atoms with Gasteiger partial charge in [-0.1, -0.05) is 12.1 Å². The number of nitrogens with zero attached hydrogens (tertiary/aromatic N) is 2. The molecule has 0 saturated heterocycles. The van der Waals surface area contributed by atoms with Gasteiger partial charge in [0.1, 0.15) is 5.82 Å². The molecule has 0 unspecified atom stereocenters. The number of nitrogens with one attached hydrogen (secondary N) is 1. The molecule has 0 bridgehead atoms. The lowest BCUT2D eigenvalue weighted by molar-refractivity contribution is 1.09. The average molecular weight is 306 g/mol. The highest BCUT2D eigenvalue weighted by Crippen LogP contribution is 2.14. The third kappa shape index (κ3) is 3.47. The smallest absolute Gasteiger partial charge is 0.126 e. The number of pyridine rings is 1. The molecular weight excluding hydrogens is 290 g/mol. The van der Waals surface area contributed by atoms with Crippen molar-refractivity contribution in [3.63, 3.8) is 0 Å². The van der Waals surface area contributed by atoms with E-state index in [2.05, 4.69) is 55.4 Å². The van der Waals surface area contributed by atoms with E-state index in [1.807, 2.05) is 26.2 Å². The molecule has 0 aliphatic carbocycles. The van der Waals surface area contributed by atoms with E-state index in [9.17, 15) is 0 Å². The lowest BCUT2D eigenvalue weighted by atomic mass is 10.2. The molecule has 2 aromatic rings. The van der Waals surface area contributed by atoms with Crippen LogP contribution in [0, 0.1) is 0 Å². The van der Waals surface area contributed by atoms with Gasteiger partial charge in [-0.2, -0.15) is 0 Å². The Morgan fingerprint density at radius 3 is 2.39 bits per heavy atom. The van der Waals surface area contributed by atoms with Crippen LogP contribution in [0.2, 0.25) is 0 Å². The Balaban J connectivity index is 1.95. The number of aromatic nitrogens is 1. The summed E-state index contributed by atoms with van der Waals surface area (Å²) in [5, 5.41) is 3.29. The van der Waals surface area contributed by atoms with Crippen LogP contribution in [0.3, 0.4) is 0 Å². The van der Waals surface area contributed by atoms with Crippen LogP contribution in [-0.2, 0) is 6.54 Å². The van der Waals surface area contributed by atoms with Gasteiger partial charge in [0, 0.05) is 37.0 Å². The Labute approximate surface area is 116 Å². The van der Waals surface area contributed by atoms with Gasteiger partial charge in [0.25, 0.3) is 0 Å². The quantitative estimate of drug-likeness (QED) is 0.937. The number of hydrogen-bond donors (Lipinski definition) is 1. The van der Waals surface area contributed by atoms with Crippen molar-refractivity contribution in [3.8, 4) is 0 Å². The van der Waals surface area contributed by atoms with Crippen molar-refractivity contribution < 1.29 is 0 Å². The van der Waals surface area contributed by atoms with Crippen LogP contribution < -0.4 is 10.2 Å². The second-order valence-electron chi connectivity index (χ2n) is 4.28. The van der Waals surface area contributed by atoms with Crippen molar-refractivity contribution in [2.45, 2.75) is 6.54 Å². The largest absolute Gasteiger partial charge is 0.378 e. The van der Waals surface area contributed by atoms with E-state index in [0.717, 1.165) is 16.8 Å². The number of halogens is 1. The van der Waals surface area contributed by atoms with Gasteiger partial charge in [-0.15, -0.1) is 0 Å². The van der Waals surface area contributed by atoms with Gasteiger partial charge < -0.3 is 10.2 Å². The summed E-state index contributed by atoms with van der Waals surface area (Å²) in [7, 11) is 4.08. The summed E-state index contributed by atoms with van der Waals surface area (Å²) in [6.07, 6.45) is 1.79. The molecule has 0 saturated carbocycles. The predicted molar refractivity (Wildman–Crippen MR) is 80.0 cm³/mol. The van der Waals surface area contributed by atoms with Gasteiger partial charge in [-0.3, -0.25) is 0 Å². The van der Waals surface area contributed by atoms with Gasteiger partial charge >= 0.3 is 0 Å². The topological polar surface area (TPSA) is 28.2 Å². The first-order valence-electron chi connectivity index (χ1n) is 5.77. The zero-order chi connectivity index (χ0) is 13.0. The third-order valence-corrected chi connectivity index (χ3v) is 3.12. The molecule has 0 amide bonds. The minimum Gasteiger partial charge on any atom is -0.378 e. The molecule has 94 valence electrons. The highest BCUT2D eigenvalue weighted by molar-refractivity contribution is 9.10. The Morgan fingerprint density at radius 2 is 1.83 bits per heavy atom. The SMILES string of the molecule is CN(C)c1ccc(CNc2ccc(Br)cn2)cc1. The van der Waals surface area contributed by atoms with Crippen LogP contribution >= 0.6 is 15.9 Å².